The molecule has 2 aromatic heterocycles. The van der Waals surface area contributed by atoms with E-state index in [1.165, 1.54) is 6.33 Å². The molecule has 148 valence electrons. The summed E-state index contributed by atoms with van der Waals surface area (Å²) in [6, 6.07) is 10.1. The Morgan fingerprint density at radius 2 is 1.96 bits per heavy atom. The van der Waals surface area contributed by atoms with E-state index >= 15 is 0 Å². The van der Waals surface area contributed by atoms with Crippen molar-refractivity contribution in [2.24, 2.45) is 13.0 Å². The van der Waals surface area contributed by atoms with Crippen molar-refractivity contribution in [2.45, 2.75) is 31.3 Å². The largest absolute Gasteiger partial charge is 0.339 e. The maximum absolute atomic E-state index is 12.9. The minimum atomic E-state index is -3.55. The van der Waals surface area contributed by atoms with E-state index in [2.05, 4.69) is 26.7 Å². The molecule has 1 atom stereocenters. The summed E-state index contributed by atoms with van der Waals surface area (Å²) in [6.07, 6.45) is 6.82. The van der Waals surface area contributed by atoms with E-state index in [9.17, 15) is 8.42 Å². The Morgan fingerprint density at radius 3 is 2.68 bits per heavy atom. The fraction of sp³-hybridized carbons (Fsp3) is 0.400. The molecule has 1 fully saturated rings. The summed E-state index contributed by atoms with van der Waals surface area (Å²) in [4.78, 5) is 8.64. The van der Waals surface area contributed by atoms with E-state index in [0.717, 1.165) is 36.5 Å². The second-order valence-electron chi connectivity index (χ2n) is 7.45. The van der Waals surface area contributed by atoms with Gasteiger partial charge in [0, 0.05) is 50.3 Å². The quantitative estimate of drug-likeness (QED) is 0.661. The minimum Gasteiger partial charge on any atom is -0.339 e. The summed E-state index contributed by atoms with van der Waals surface area (Å²) in [5.74, 6) is 1.17. The first-order valence-corrected chi connectivity index (χ1v) is 10.9. The molecule has 0 saturated carbocycles. The standard InChI is InChI=1S/C20H25N5O2S/c1-16-11-21-20(18-8-4-3-5-9-18)25(16)13-17-7-6-10-24(12-17)28(26,27)19-14-23(2)15-22-19/h3-5,8-9,11,14-15,17H,6-7,10,12-13H2,1-2H3. The lowest BCUT2D eigenvalue weighted by molar-refractivity contribution is 0.244. The Labute approximate surface area is 165 Å². The highest BCUT2D eigenvalue weighted by molar-refractivity contribution is 7.89. The number of hydrogen-bond donors (Lipinski definition) is 0. The zero-order valence-corrected chi connectivity index (χ0v) is 17.0. The first-order valence-electron chi connectivity index (χ1n) is 9.51. The van der Waals surface area contributed by atoms with Crippen LogP contribution in [0.1, 0.15) is 18.5 Å². The molecular formula is C20H25N5O2S. The molecule has 3 aromatic rings. The van der Waals surface area contributed by atoms with Crippen molar-refractivity contribution in [1.82, 2.24) is 23.4 Å². The highest BCUT2D eigenvalue weighted by Gasteiger charge is 2.32. The summed E-state index contributed by atoms with van der Waals surface area (Å²) >= 11 is 0. The monoisotopic (exact) mass is 399 g/mol. The Morgan fingerprint density at radius 1 is 1.18 bits per heavy atom. The normalized spacial score (nSPS) is 18.4. The molecule has 1 aliphatic heterocycles. The number of piperidine rings is 1. The molecule has 1 aromatic carbocycles. The Bertz CT molecular complexity index is 1060. The van der Waals surface area contributed by atoms with Gasteiger partial charge in [0.1, 0.15) is 5.82 Å². The number of aromatic nitrogens is 4. The Balaban J connectivity index is 1.55. The molecular weight excluding hydrogens is 374 g/mol. The number of imidazole rings is 2. The number of nitrogens with zero attached hydrogens (tertiary/aromatic N) is 5. The highest BCUT2D eigenvalue weighted by Crippen LogP contribution is 2.27. The van der Waals surface area contributed by atoms with Crippen molar-refractivity contribution < 1.29 is 8.42 Å². The summed E-state index contributed by atoms with van der Waals surface area (Å²) in [5, 5.41) is 0.124. The summed E-state index contributed by atoms with van der Waals surface area (Å²) < 4.78 is 31.3. The van der Waals surface area contributed by atoms with E-state index in [4.69, 9.17) is 0 Å². The minimum absolute atomic E-state index is 0.124. The third kappa shape index (κ3) is 3.62. The van der Waals surface area contributed by atoms with Crippen LogP contribution in [-0.2, 0) is 23.6 Å². The van der Waals surface area contributed by atoms with Crippen LogP contribution in [0.3, 0.4) is 0 Å². The van der Waals surface area contributed by atoms with Crippen molar-refractivity contribution in [3.05, 3.63) is 54.7 Å². The molecule has 7 nitrogen and oxygen atoms in total. The second kappa shape index (κ2) is 7.52. The van der Waals surface area contributed by atoms with Crippen LogP contribution >= 0.6 is 0 Å². The van der Waals surface area contributed by atoms with Crippen molar-refractivity contribution in [1.29, 1.82) is 0 Å². The van der Waals surface area contributed by atoms with E-state index in [-0.39, 0.29) is 10.9 Å². The fourth-order valence-corrected chi connectivity index (χ4v) is 5.34. The second-order valence-corrected chi connectivity index (χ2v) is 9.33. The lowest BCUT2D eigenvalue weighted by atomic mass is 9.99. The SMILES string of the molecule is Cc1cnc(-c2ccccc2)n1CC1CCCN(S(=O)(=O)c2cn(C)cn2)C1. The van der Waals surface area contributed by atoms with Crippen LogP contribution in [0.5, 0.6) is 0 Å². The predicted octanol–water partition coefficient (Wildman–Crippen LogP) is 2.69. The van der Waals surface area contributed by atoms with Gasteiger partial charge in [-0.1, -0.05) is 30.3 Å². The maximum Gasteiger partial charge on any atom is 0.262 e. The van der Waals surface area contributed by atoms with Crippen molar-refractivity contribution in [2.75, 3.05) is 13.1 Å². The van der Waals surface area contributed by atoms with Crippen LogP contribution in [0, 0.1) is 12.8 Å². The van der Waals surface area contributed by atoms with Gasteiger partial charge in [0.15, 0.2) is 5.03 Å². The van der Waals surface area contributed by atoms with E-state index in [0.29, 0.717) is 13.1 Å². The summed E-state index contributed by atoms with van der Waals surface area (Å²) in [7, 11) is -1.77. The van der Waals surface area contributed by atoms with Gasteiger partial charge in [0.25, 0.3) is 10.0 Å². The van der Waals surface area contributed by atoms with E-state index in [1.807, 2.05) is 31.3 Å². The van der Waals surface area contributed by atoms with Crippen LogP contribution < -0.4 is 0 Å². The summed E-state index contributed by atoms with van der Waals surface area (Å²) in [6.45, 7) is 3.85. The van der Waals surface area contributed by atoms with Gasteiger partial charge in [-0.25, -0.2) is 18.4 Å². The molecule has 28 heavy (non-hydrogen) atoms. The third-order valence-corrected chi connectivity index (χ3v) is 7.05. The fourth-order valence-electron chi connectivity index (χ4n) is 3.82. The van der Waals surface area contributed by atoms with Gasteiger partial charge in [0.2, 0.25) is 0 Å². The number of aryl methyl sites for hydroxylation is 2. The Hall–Kier alpha value is -2.45. The van der Waals surface area contributed by atoms with Gasteiger partial charge in [0.05, 0.1) is 6.33 Å². The van der Waals surface area contributed by atoms with Gasteiger partial charge < -0.3 is 9.13 Å². The van der Waals surface area contributed by atoms with Gasteiger partial charge in [-0.2, -0.15) is 4.31 Å². The molecule has 1 aliphatic rings. The van der Waals surface area contributed by atoms with Crippen LogP contribution in [0.2, 0.25) is 0 Å². The van der Waals surface area contributed by atoms with Crippen molar-refractivity contribution in [3.8, 4) is 11.4 Å². The number of hydrogen-bond acceptors (Lipinski definition) is 4. The van der Waals surface area contributed by atoms with E-state index < -0.39 is 10.0 Å². The van der Waals surface area contributed by atoms with Crippen LogP contribution in [0.15, 0.2) is 54.1 Å². The highest BCUT2D eigenvalue weighted by atomic mass is 32.2. The molecule has 4 rings (SSSR count). The van der Waals surface area contributed by atoms with E-state index in [1.54, 1.807) is 22.1 Å². The molecule has 0 amide bonds. The van der Waals surface area contributed by atoms with Gasteiger partial charge >= 0.3 is 0 Å². The lowest BCUT2D eigenvalue weighted by Gasteiger charge is -2.32. The predicted molar refractivity (Wildman–Crippen MR) is 107 cm³/mol. The average molecular weight is 400 g/mol. The average Bonchev–Trinajstić information content (AvgIpc) is 3.30. The zero-order chi connectivity index (χ0) is 19.7. The number of benzene rings is 1. The molecule has 1 unspecified atom stereocenters. The zero-order valence-electron chi connectivity index (χ0n) is 16.2. The van der Waals surface area contributed by atoms with Crippen LogP contribution in [0.4, 0.5) is 0 Å². The number of sulfonamides is 1. The molecule has 0 bridgehead atoms. The summed E-state index contributed by atoms with van der Waals surface area (Å²) in [5.41, 5.74) is 2.16. The van der Waals surface area contributed by atoms with Gasteiger partial charge in [-0.05, 0) is 25.7 Å². The maximum atomic E-state index is 12.9. The third-order valence-electron chi connectivity index (χ3n) is 5.29. The first-order chi connectivity index (χ1) is 13.4. The van der Waals surface area contributed by atoms with Gasteiger partial charge in [-0.15, -0.1) is 0 Å². The molecule has 0 radical (unpaired) electrons. The lowest BCUT2D eigenvalue weighted by Crippen LogP contribution is -2.41. The van der Waals surface area contributed by atoms with Gasteiger partial charge in [-0.3, -0.25) is 0 Å². The van der Waals surface area contributed by atoms with Crippen molar-refractivity contribution in [3.63, 3.8) is 0 Å². The topological polar surface area (TPSA) is 73.0 Å². The Kier molecular flexibility index (Phi) is 5.07. The molecule has 1 saturated heterocycles. The molecule has 8 heteroatoms. The number of rotatable bonds is 5. The molecule has 0 spiro atoms. The molecule has 3 heterocycles. The van der Waals surface area contributed by atoms with Crippen LogP contribution in [-0.4, -0.2) is 44.9 Å². The molecule has 0 aliphatic carbocycles. The first kappa shape index (κ1) is 18.9. The van der Waals surface area contributed by atoms with Crippen molar-refractivity contribution >= 4 is 10.0 Å². The van der Waals surface area contributed by atoms with Crippen LogP contribution in [0.25, 0.3) is 11.4 Å². The smallest absolute Gasteiger partial charge is 0.262 e. The molecule has 0 N–H and O–H groups in total.